The highest BCUT2D eigenvalue weighted by Gasteiger charge is 2.31. The maximum Gasteiger partial charge on any atom is 0.141 e. The van der Waals surface area contributed by atoms with E-state index in [1.807, 2.05) is 0 Å². The first-order chi connectivity index (χ1) is 16.3. The molecular formula is C32H39NOS. The molecule has 0 aliphatic heterocycles. The Morgan fingerprint density at radius 3 is 2.37 bits per heavy atom. The van der Waals surface area contributed by atoms with Crippen molar-refractivity contribution < 1.29 is 4.42 Å². The van der Waals surface area contributed by atoms with E-state index in [9.17, 15) is 5.41 Å². The monoisotopic (exact) mass is 485 g/mol. The molecule has 0 radical (unpaired) electrons. The SMILES string of the molecule is CCS(C)(C)c1cc2c3c(=N)c4c(c5ccccc5c(CC(C)(C)C)c4oc3c1)C(C)(C)CC=C2. The molecular weight excluding hydrogens is 446 g/mol. The van der Waals surface area contributed by atoms with Crippen LogP contribution in [-0.2, 0) is 11.8 Å². The average molecular weight is 486 g/mol. The minimum Gasteiger partial charge on any atom is -0.456 e. The van der Waals surface area contributed by atoms with Crippen LogP contribution in [0.25, 0.3) is 38.8 Å². The van der Waals surface area contributed by atoms with Gasteiger partial charge in [-0.25, -0.2) is 10.0 Å². The van der Waals surface area contributed by atoms with E-state index < -0.39 is 10.0 Å². The highest BCUT2D eigenvalue weighted by Crippen LogP contribution is 2.51. The van der Waals surface area contributed by atoms with E-state index in [2.05, 4.69) is 103 Å². The van der Waals surface area contributed by atoms with Crippen molar-refractivity contribution in [1.29, 1.82) is 5.41 Å². The fourth-order valence-electron chi connectivity index (χ4n) is 5.64. The molecule has 0 saturated heterocycles. The van der Waals surface area contributed by atoms with Crippen LogP contribution < -0.4 is 5.36 Å². The lowest BCUT2D eigenvalue weighted by Crippen LogP contribution is -2.21. The van der Waals surface area contributed by atoms with Gasteiger partial charge >= 0.3 is 0 Å². The van der Waals surface area contributed by atoms with E-state index in [1.54, 1.807) is 0 Å². The molecule has 1 heterocycles. The van der Waals surface area contributed by atoms with E-state index >= 15 is 0 Å². The van der Waals surface area contributed by atoms with Crippen LogP contribution in [0.3, 0.4) is 0 Å². The highest BCUT2D eigenvalue weighted by molar-refractivity contribution is 8.32. The molecule has 2 nitrogen and oxygen atoms in total. The van der Waals surface area contributed by atoms with Crippen LogP contribution in [0, 0.1) is 10.8 Å². The Morgan fingerprint density at radius 1 is 1.03 bits per heavy atom. The fourth-order valence-corrected chi connectivity index (χ4v) is 6.84. The Kier molecular flexibility index (Phi) is 5.53. The molecule has 0 amide bonds. The quantitative estimate of drug-likeness (QED) is 0.289. The minimum atomic E-state index is -0.942. The second-order valence-corrected chi connectivity index (χ2v) is 16.6. The number of hydrogen-bond acceptors (Lipinski definition) is 2. The summed E-state index contributed by atoms with van der Waals surface area (Å²) < 4.78 is 6.96. The van der Waals surface area contributed by atoms with E-state index in [0.717, 1.165) is 46.1 Å². The van der Waals surface area contributed by atoms with Crippen LogP contribution in [0.4, 0.5) is 0 Å². The standard InChI is InChI=1S/C32H39NOS/c1-9-35(7,8)21-17-20-13-12-16-32(5,6)28-23-15-11-10-14-22(23)24(19-31(2,3)4)30-27(28)29(33)26(20)25(18-21)34-30/h10-15,17-18,33H,9,16,19H2,1-8H3. The number of allylic oxidation sites excluding steroid dienone is 1. The van der Waals surface area contributed by atoms with Crippen LogP contribution in [0.5, 0.6) is 0 Å². The van der Waals surface area contributed by atoms with Gasteiger partial charge in [-0.2, -0.15) is 0 Å². The first-order valence-electron chi connectivity index (χ1n) is 12.7. The highest BCUT2D eigenvalue weighted by atomic mass is 32.3. The maximum absolute atomic E-state index is 9.61. The number of rotatable bonds is 3. The summed E-state index contributed by atoms with van der Waals surface area (Å²) in [4.78, 5) is 1.35. The van der Waals surface area contributed by atoms with Crippen LogP contribution in [-0.4, -0.2) is 18.3 Å². The summed E-state index contributed by atoms with van der Waals surface area (Å²) in [5.41, 5.74) is 5.33. The molecule has 3 heteroatoms. The zero-order chi connectivity index (χ0) is 25.3. The lowest BCUT2D eigenvalue weighted by atomic mass is 9.75. The van der Waals surface area contributed by atoms with Crippen LogP contribution >= 0.6 is 10.0 Å². The normalized spacial score (nSPS) is 16.2. The lowest BCUT2D eigenvalue weighted by molar-refractivity contribution is 0.411. The Balaban J connectivity index is 2.08. The third-order valence-corrected chi connectivity index (χ3v) is 10.7. The third kappa shape index (κ3) is 3.93. The van der Waals surface area contributed by atoms with Gasteiger partial charge < -0.3 is 4.42 Å². The van der Waals surface area contributed by atoms with Gasteiger partial charge in [0.15, 0.2) is 0 Å². The van der Waals surface area contributed by atoms with Gasteiger partial charge in [-0.05, 0) is 80.9 Å². The first-order valence-corrected chi connectivity index (χ1v) is 15.4. The summed E-state index contributed by atoms with van der Waals surface area (Å²) in [5, 5.41) is 14.7. The van der Waals surface area contributed by atoms with Gasteiger partial charge in [0, 0.05) is 10.9 Å². The Hall–Kier alpha value is -2.52. The predicted octanol–water partition coefficient (Wildman–Crippen LogP) is 8.94. The minimum absolute atomic E-state index is 0.0935. The van der Waals surface area contributed by atoms with Crippen molar-refractivity contribution in [2.75, 3.05) is 18.3 Å². The number of benzene rings is 3. The van der Waals surface area contributed by atoms with Crippen molar-refractivity contribution in [3.05, 3.63) is 64.5 Å². The van der Waals surface area contributed by atoms with Crippen LogP contribution in [0.15, 0.2) is 51.8 Å². The maximum atomic E-state index is 9.61. The Bertz CT molecular complexity index is 1580. The average Bonchev–Trinajstić information content (AvgIpc) is 2.81. The topological polar surface area (TPSA) is 37.0 Å². The molecule has 0 atom stereocenters. The number of hydrogen-bond donors (Lipinski definition) is 1. The smallest absolute Gasteiger partial charge is 0.141 e. The zero-order valence-electron chi connectivity index (χ0n) is 22.6. The summed E-state index contributed by atoms with van der Waals surface area (Å²) in [7, 11) is -0.942. The molecule has 1 N–H and O–H groups in total. The summed E-state index contributed by atoms with van der Waals surface area (Å²) in [6.45, 7) is 13.8. The van der Waals surface area contributed by atoms with E-state index in [4.69, 9.17) is 4.42 Å². The molecule has 0 saturated carbocycles. The van der Waals surface area contributed by atoms with Crippen LogP contribution in [0.2, 0.25) is 0 Å². The van der Waals surface area contributed by atoms with Crippen molar-refractivity contribution in [3.8, 4) is 0 Å². The van der Waals surface area contributed by atoms with Crippen molar-refractivity contribution in [3.63, 3.8) is 0 Å². The zero-order valence-corrected chi connectivity index (χ0v) is 23.4. The van der Waals surface area contributed by atoms with Gasteiger partial charge in [0.25, 0.3) is 0 Å². The second-order valence-electron chi connectivity index (χ2n) is 12.5. The molecule has 3 aromatic carbocycles. The number of nitrogens with one attached hydrogen (secondary N) is 1. The molecule has 1 aromatic heterocycles. The van der Waals surface area contributed by atoms with Gasteiger partial charge in [0.1, 0.15) is 11.2 Å². The van der Waals surface area contributed by atoms with E-state index in [-0.39, 0.29) is 10.8 Å². The molecule has 0 fully saturated rings. The van der Waals surface area contributed by atoms with Crippen molar-refractivity contribution in [2.45, 2.75) is 64.7 Å². The summed E-state index contributed by atoms with van der Waals surface area (Å²) in [6.07, 6.45) is 11.1. The van der Waals surface area contributed by atoms with Gasteiger partial charge in [0.05, 0.1) is 10.7 Å². The van der Waals surface area contributed by atoms with Crippen molar-refractivity contribution in [2.24, 2.45) is 5.41 Å². The molecule has 4 aromatic rings. The van der Waals surface area contributed by atoms with E-state index in [0.29, 0.717) is 5.36 Å². The molecule has 1 aliphatic carbocycles. The molecule has 2 bridgehead atoms. The van der Waals surface area contributed by atoms with E-state index in [1.165, 1.54) is 26.8 Å². The molecule has 1 aliphatic rings. The third-order valence-electron chi connectivity index (χ3n) is 7.76. The van der Waals surface area contributed by atoms with Crippen molar-refractivity contribution >= 4 is 48.8 Å². The number of fused-ring (bicyclic) bond motifs is 2. The summed E-state index contributed by atoms with van der Waals surface area (Å²) >= 11 is 0. The first kappa shape index (κ1) is 24.2. The van der Waals surface area contributed by atoms with Crippen LogP contribution in [0.1, 0.15) is 64.7 Å². The Morgan fingerprint density at radius 2 is 1.71 bits per heavy atom. The molecule has 0 unspecified atom stereocenters. The molecule has 5 rings (SSSR count). The molecule has 35 heavy (non-hydrogen) atoms. The predicted molar refractivity (Wildman–Crippen MR) is 155 cm³/mol. The summed E-state index contributed by atoms with van der Waals surface area (Å²) in [5.74, 6) is 1.13. The molecule has 0 spiro atoms. The van der Waals surface area contributed by atoms with Gasteiger partial charge in [-0.3, -0.25) is 5.41 Å². The van der Waals surface area contributed by atoms with Gasteiger partial charge in [-0.1, -0.05) is 78.0 Å². The largest absolute Gasteiger partial charge is 0.456 e. The summed E-state index contributed by atoms with van der Waals surface area (Å²) in [6, 6.07) is 13.3. The molecule has 184 valence electrons. The fraction of sp³-hybridized carbons (Fsp3) is 0.406. The lowest BCUT2D eigenvalue weighted by Gasteiger charge is -2.31. The Labute approximate surface area is 211 Å². The van der Waals surface area contributed by atoms with Gasteiger partial charge in [-0.15, -0.1) is 0 Å². The van der Waals surface area contributed by atoms with Gasteiger partial charge in [0.2, 0.25) is 0 Å². The van der Waals surface area contributed by atoms with Crippen molar-refractivity contribution in [1.82, 2.24) is 0 Å². The second kappa shape index (κ2) is 8.00.